The van der Waals surface area contributed by atoms with E-state index in [0.29, 0.717) is 36.9 Å². The smallest absolute Gasteiger partial charge is 0.260 e. The third-order valence-corrected chi connectivity index (χ3v) is 9.18. The van der Waals surface area contributed by atoms with Gasteiger partial charge in [-0.2, -0.15) is 9.40 Å². The number of para-hydroxylation sites is 1. The Morgan fingerprint density at radius 3 is 2.18 bits per heavy atom. The fourth-order valence-electron chi connectivity index (χ4n) is 4.52. The van der Waals surface area contributed by atoms with Gasteiger partial charge in [-0.25, -0.2) is 13.4 Å². The number of rotatable bonds is 11. The SMILES string of the molecule is Cc1cc(C)n(CCN(C(=O)c2ccc(S(=O)(=O)N(CC(C)C)CC(C)C)cc2)c2nc3ccccc3s2)n1. The molecule has 8 nitrogen and oxygen atoms in total. The van der Waals surface area contributed by atoms with Crippen molar-refractivity contribution in [3.63, 3.8) is 0 Å². The molecule has 2 aromatic heterocycles. The van der Waals surface area contributed by atoms with Crippen LogP contribution in [0.1, 0.15) is 49.4 Å². The Balaban J connectivity index is 1.63. The number of benzene rings is 2. The maximum atomic E-state index is 13.8. The van der Waals surface area contributed by atoms with Crippen molar-refractivity contribution in [1.82, 2.24) is 19.1 Å². The number of sulfonamides is 1. The van der Waals surface area contributed by atoms with Gasteiger partial charge in [-0.15, -0.1) is 0 Å². The molecule has 0 aliphatic heterocycles. The Kier molecular flexibility index (Phi) is 8.88. The van der Waals surface area contributed by atoms with Crippen LogP contribution in [0.15, 0.2) is 59.5 Å². The third kappa shape index (κ3) is 6.74. The van der Waals surface area contributed by atoms with Crippen LogP contribution in [-0.2, 0) is 16.6 Å². The summed E-state index contributed by atoms with van der Waals surface area (Å²) in [5.41, 5.74) is 3.18. The Hall–Kier alpha value is -3.08. The Morgan fingerprint density at radius 1 is 0.974 bits per heavy atom. The van der Waals surface area contributed by atoms with Crippen LogP contribution in [0.4, 0.5) is 5.13 Å². The van der Waals surface area contributed by atoms with Crippen LogP contribution in [0.3, 0.4) is 0 Å². The van der Waals surface area contributed by atoms with Gasteiger partial charge < -0.3 is 0 Å². The molecular formula is C29H37N5O3S2. The second-order valence-corrected chi connectivity index (χ2v) is 13.7. The highest BCUT2D eigenvalue weighted by Gasteiger charge is 2.27. The van der Waals surface area contributed by atoms with Crippen molar-refractivity contribution in [2.24, 2.45) is 11.8 Å². The van der Waals surface area contributed by atoms with Gasteiger partial charge in [0.05, 0.1) is 27.4 Å². The minimum atomic E-state index is -3.69. The minimum Gasteiger partial charge on any atom is -0.282 e. The van der Waals surface area contributed by atoms with Crippen LogP contribution >= 0.6 is 11.3 Å². The Bertz CT molecular complexity index is 1500. The number of fused-ring (bicyclic) bond motifs is 1. The molecule has 39 heavy (non-hydrogen) atoms. The van der Waals surface area contributed by atoms with Gasteiger partial charge in [0.25, 0.3) is 5.91 Å². The number of carbonyl (C=O) groups excluding carboxylic acids is 1. The predicted octanol–water partition coefficient (Wildman–Crippen LogP) is 5.76. The number of hydrogen-bond donors (Lipinski definition) is 0. The van der Waals surface area contributed by atoms with E-state index in [0.717, 1.165) is 21.6 Å². The number of aryl methyl sites for hydroxylation is 2. The summed E-state index contributed by atoms with van der Waals surface area (Å²) >= 11 is 1.46. The summed E-state index contributed by atoms with van der Waals surface area (Å²) < 4.78 is 31.3. The van der Waals surface area contributed by atoms with Gasteiger partial charge in [-0.3, -0.25) is 14.4 Å². The van der Waals surface area contributed by atoms with Crippen molar-refractivity contribution in [3.05, 3.63) is 71.5 Å². The van der Waals surface area contributed by atoms with Crippen LogP contribution in [0, 0.1) is 25.7 Å². The number of thiazole rings is 1. The molecule has 0 saturated heterocycles. The number of aromatic nitrogens is 3. The molecule has 1 amide bonds. The van der Waals surface area contributed by atoms with Crippen LogP contribution in [-0.4, -0.2) is 53.0 Å². The first-order valence-electron chi connectivity index (χ1n) is 13.2. The van der Waals surface area contributed by atoms with Gasteiger partial charge in [0, 0.05) is 30.9 Å². The first kappa shape index (κ1) is 28.9. The Morgan fingerprint density at radius 2 is 1.62 bits per heavy atom. The molecule has 10 heteroatoms. The van der Waals surface area contributed by atoms with E-state index in [1.165, 1.54) is 23.5 Å². The molecule has 0 N–H and O–H groups in total. The highest BCUT2D eigenvalue weighted by molar-refractivity contribution is 7.89. The lowest BCUT2D eigenvalue weighted by atomic mass is 10.2. The van der Waals surface area contributed by atoms with Crippen molar-refractivity contribution < 1.29 is 13.2 Å². The summed E-state index contributed by atoms with van der Waals surface area (Å²) in [5, 5.41) is 5.13. The van der Waals surface area contributed by atoms with E-state index in [1.54, 1.807) is 21.3 Å². The quantitative estimate of drug-likeness (QED) is 0.230. The molecule has 0 aliphatic carbocycles. The summed E-state index contributed by atoms with van der Waals surface area (Å²) in [5.74, 6) is 0.161. The molecule has 0 atom stereocenters. The van der Waals surface area contributed by atoms with E-state index in [4.69, 9.17) is 4.98 Å². The van der Waals surface area contributed by atoms with Gasteiger partial charge in [-0.1, -0.05) is 51.2 Å². The normalized spacial score (nSPS) is 12.2. The van der Waals surface area contributed by atoms with Gasteiger partial charge in [0.1, 0.15) is 0 Å². The van der Waals surface area contributed by atoms with Gasteiger partial charge in [0.15, 0.2) is 5.13 Å². The zero-order chi connectivity index (χ0) is 28.3. The molecule has 0 bridgehead atoms. The summed E-state index contributed by atoms with van der Waals surface area (Å²) in [6.45, 7) is 13.7. The van der Waals surface area contributed by atoms with Crippen LogP contribution in [0.5, 0.6) is 0 Å². The zero-order valence-electron chi connectivity index (χ0n) is 23.5. The monoisotopic (exact) mass is 567 g/mol. The molecular weight excluding hydrogens is 530 g/mol. The van der Waals surface area contributed by atoms with E-state index in [9.17, 15) is 13.2 Å². The van der Waals surface area contributed by atoms with Crippen LogP contribution in [0.25, 0.3) is 10.2 Å². The van der Waals surface area contributed by atoms with E-state index < -0.39 is 10.0 Å². The van der Waals surface area contributed by atoms with Crippen LogP contribution < -0.4 is 4.90 Å². The van der Waals surface area contributed by atoms with Crippen molar-refractivity contribution in [2.75, 3.05) is 24.5 Å². The molecule has 0 radical (unpaired) electrons. The van der Waals surface area contributed by atoms with E-state index in [1.807, 2.05) is 76.6 Å². The topological polar surface area (TPSA) is 88.4 Å². The maximum absolute atomic E-state index is 13.8. The third-order valence-electron chi connectivity index (χ3n) is 6.27. The number of amides is 1. The molecule has 4 rings (SSSR count). The molecule has 0 spiro atoms. The fourth-order valence-corrected chi connectivity index (χ4v) is 7.27. The molecule has 0 fully saturated rings. The predicted molar refractivity (Wildman–Crippen MR) is 158 cm³/mol. The summed E-state index contributed by atoms with van der Waals surface area (Å²) in [4.78, 5) is 20.4. The lowest BCUT2D eigenvalue weighted by Gasteiger charge is -2.26. The van der Waals surface area contributed by atoms with Gasteiger partial charge >= 0.3 is 0 Å². The lowest BCUT2D eigenvalue weighted by molar-refractivity contribution is 0.0985. The number of nitrogens with zero attached hydrogens (tertiary/aromatic N) is 5. The van der Waals surface area contributed by atoms with E-state index >= 15 is 0 Å². The van der Waals surface area contributed by atoms with E-state index in [-0.39, 0.29) is 22.6 Å². The standard InChI is InChI=1S/C29H37N5O3S2/c1-20(2)18-32(19-21(3)4)39(36,37)25-13-11-24(12-14-25)28(35)33(15-16-34-23(6)17-22(5)31-34)29-30-26-9-7-8-10-27(26)38-29/h7-14,17,20-21H,15-16,18-19H2,1-6H3. The lowest BCUT2D eigenvalue weighted by Crippen LogP contribution is -2.37. The van der Waals surface area contributed by atoms with Crippen LogP contribution in [0.2, 0.25) is 0 Å². The zero-order valence-corrected chi connectivity index (χ0v) is 25.1. The summed E-state index contributed by atoms with van der Waals surface area (Å²) in [6, 6.07) is 16.1. The first-order chi connectivity index (χ1) is 18.5. The van der Waals surface area contributed by atoms with E-state index in [2.05, 4.69) is 5.10 Å². The second-order valence-electron chi connectivity index (χ2n) is 10.7. The number of anilines is 1. The van der Waals surface area contributed by atoms with Crippen molar-refractivity contribution in [1.29, 1.82) is 0 Å². The average Bonchev–Trinajstić information content (AvgIpc) is 3.45. The van der Waals surface area contributed by atoms with Crippen molar-refractivity contribution in [3.8, 4) is 0 Å². The van der Waals surface area contributed by atoms with Gasteiger partial charge in [-0.05, 0) is 68.1 Å². The second kappa shape index (κ2) is 12.0. The molecule has 2 aromatic carbocycles. The highest BCUT2D eigenvalue weighted by atomic mass is 32.2. The molecule has 2 heterocycles. The minimum absolute atomic E-state index is 0.189. The first-order valence-corrected chi connectivity index (χ1v) is 15.5. The molecule has 0 saturated carbocycles. The fraction of sp³-hybridized carbons (Fsp3) is 0.414. The summed E-state index contributed by atoms with van der Waals surface area (Å²) in [6.07, 6.45) is 0. The molecule has 0 aliphatic rings. The molecule has 0 unspecified atom stereocenters. The Labute approximate surface area is 235 Å². The molecule has 4 aromatic rings. The number of carbonyl (C=O) groups is 1. The highest BCUT2D eigenvalue weighted by Crippen LogP contribution is 2.30. The summed E-state index contributed by atoms with van der Waals surface area (Å²) in [7, 11) is -3.69. The maximum Gasteiger partial charge on any atom is 0.260 e. The molecule has 208 valence electrons. The number of hydrogen-bond acceptors (Lipinski definition) is 6. The largest absolute Gasteiger partial charge is 0.282 e. The van der Waals surface area contributed by atoms with Gasteiger partial charge in [0.2, 0.25) is 10.0 Å². The average molecular weight is 568 g/mol. The van der Waals surface area contributed by atoms with Crippen molar-refractivity contribution >= 4 is 42.6 Å². The van der Waals surface area contributed by atoms with Crippen molar-refractivity contribution in [2.45, 2.75) is 53.0 Å².